The molecule has 1 aliphatic heterocycles. The number of hydrogen-bond donors (Lipinski definition) is 0. The fraction of sp³-hybridized carbons (Fsp3) is 0.278. The summed E-state index contributed by atoms with van der Waals surface area (Å²) in [5.41, 5.74) is 0.148. The molecule has 1 saturated heterocycles. The van der Waals surface area contributed by atoms with Gasteiger partial charge in [0.15, 0.2) is 0 Å². The molecule has 1 aliphatic rings. The maximum Gasteiger partial charge on any atom is 0.352 e. The second kappa shape index (κ2) is 6.55. The smallest absolute Gasteiger partial charge is 0.352 e. The van der Waals surface area contributed by atoms with Gasteiger partial charge in [0.2, 0.25) is 11.7 Å². The quantitative estimate of drug-likeness (QED) is 0.531. The highest BCUT2D eigenvalue weighted by Crippen LogP contribution is 2.18. The number of nitrogens with zero attached hydrogens (tertiary/aromatic N) is 7. The Morgan fingerprint density at radius 1 is 1.14 bits per heavy atom. The van der Waals surface area contributed by atoms with Crippen molar-refractivity contribution in [2.75, 3.05) is 18.0 Å². The van der Waals surface area contributed by atoms with Crippen LogP contribution in [0.4, 0.5) is 10.2 Å². The van der Waals surface area contributed by atoms with Crippen LogP contribution in [0.1, 0.15) is 18.7 Å². The minimum absolute atomic E-state index is 0.00353. The molecule has 0 spiro atoms. The summed E-state index contributed by atoms with van der Waals surface area (Å²) in [4.78, 5) is 23.4. The third-order valence-corrected chi connectivity index (χ3v) is 4.71. The van der Waals surface area contributed by atoms with Crippen molar-refractivity contribution in [3.05, 3.63) is 58.7 Å². The molecule has 28 heavy (non-hydrogen) atoms. The summed E-state index contributed by atoms with van der Waals surface area (Å²) in [6.45, 7) is 1.92. The van der Waals surface area contributed by atoms with E-state index in [1.165, 1.54) is 21.2 Å². The Morgan fingerprint density at radius 2 is 2.00 bits per heavy atom. The number of benzene rings is 1. The summed E-state index contributed by atoms with van der Waals surface area (Å²) in [6, 6.07) is 7.72. The van der Waals surface area contributed by atoms with Gasteiger partial charge in [0.1, 0.15) is 18.2 Å². The van der Waals surface area contributed by atoms with Crippen LogP contribution in [0.15, 0.2) is 45.8 Å². The second-order valence-electron chi connectivity index (χ2n) is 6.61. The Morgan fingerprint density at radius 3 is 2.82 bits per heavy atom. The lowest BCUT2D eigenvalue weighted by Crippen LogP contribution is -2.22. The molecule has 0 aliphatic carbocycles. The van der Waals surface area contributed by atoms with Crippen molar-refractivity contribution >= 4 is 11.6 Å². The van der Waals surface area contributed by atoms with Gasteiger partial charge in [0.25, 0.3) is 5.78 Å². The van der Waals surface area contributed by atoms with Gasteiger partial charge in [-0.25, -0.2) is 18.3 Å². The summed E-state index contributed by atoms with van der Waals surface area (Å²) in [7, 11) is 0. The molecule has 4 heterocycles. The highest BCUT2D eigenvalue weighted by molar-refractivity contribution is 5.53. The molecular formula is C18H16FN7O2. The first-order valence-electron chi connectivity index (χ1n) is 8.97. The minimum Gasteiger partial charge on any atom is -0.356 e. The topological polar surface area (TPSA) is 94.3 Å². The molecule has 3 aromatic heterocycles. The number of halogens is 1. The zero-order chi connectivity index (χ0) is 19.1. The van der Waals surface area contributed by atoms with Crippen molar-refractivity contribution in [3.8, 4) is 11.4 Å². The minimum atomic E-state index is -0.389. The normalized spacial score (nSPS) is 14.2. The van der Waals surface area contributed by atoms with Crippen LogP contribution in [-0.2, 0) is 6.54 Å². The Hall–Kier alpha value is -3.56. The summed E-state index contributed by atoms with van der Waals surface area (Å²) < 4.78 is 21.2. The molecule has 142 valence electrons. The molecule has 0 atom stereocenters. The predicted octanol–water partition coefficient (Wildman–Crippen LogP) is 1.73. The number of fused-ring (bicyclic) bond motifs is 1. The van der Waals surface area contributed by atoms with Gasteiger partial charge in [-0.05, 0) is 31.0 Å². The molecule has 0 N–H and O–H groups in total. The van der Waals surface area contributed by atoms with E-state index in [0.717, 1.165) is 31.7 Å². The predicted molar refractivity (Wildman–Crippen MR) is 97.5 cm³/mol. The van der Waals surface area contributed by atoms with Crippen molar-refractivity contribution in [2.45, 2.75) is 19.4 Å². The molecular weight excluding hydrogens is 365 g/mol. The zero-order valence-corrected chi connectivity index (χ0v) is 14.8. The molecule has 0 bridgehead atoms. The van der Waals surface area contributed by atoms with Crippen molar-refractivity contribution in [1.29, 1.82) is 0 Å². The molecule has 0 radical (unpaired) electrons. The lowest BCUT2D eigenvalue weighted by molar-refractivity contribution is 0.364. The zero-order valence-electron chi connectivity index (χ0n) is 14.8. The van der Waals surface area contributed by atoms with Crippen molar-refractivity contribution < 1.29 is 8.91 Å². The van der Waals surface area contributed by atoms with Gasteiger partial charge in [0.05, 0.1) is 0 Å². The molecule has 5 rings (SSSR count). The average Bonchev–Trinajstić information content (AvgIpc) is 3.44. The van der Waals surface area contributed by atoms with Crippen LogP contribution in [0.25, 0.3) is 17.2 Å². The van der Waals surface area contributed by atoms with Gasteiger partial charge in [0, 0.05) is 24.8 Å². The van der Waals surface area contributed by atoms with Crippen LogP contribution in [0.2, 0.25) is 0 Å². The standard InChI is InChI=1S/C18H16FN7O2/c19-13-5-3-4-12(10-13)16-21-15(28-23-16)11-26-18(27)25-9-6-14(20-17(25)22-26)24-7-1-2-8-24/h3-6,9-10H,1-2,7-8,11H2. The van der Waals surface area contributed by atoms with Crippen LogP contribution >= 0.6 is 0 Å². The lowest BCUT2D eigenvalue weighted by Gasteiger charge is -2.15. The third-order valence-electron chi connectivity index (χ3n) is 4.71. The summed E-state index contributed by atoms with van der Waals surface area (Å²) in [5, 5.41) is 8.13. The summed E-state index contributed by atoms with van der Waals surface area (Å²) >= 11 is 0. The molecule has 10 heteroatoms. The largest absolute Gasteiger partial charge is 0.356 e. The third kappa shape index (κ3) is 2.92. The van der Waals surface area contributed by atoms with Crippen LogP contribution in [0.5, 0.6) is 0 Å². The van der Waals surface area contributed by atoms with E-state index in [0.29, 0.717) is 11.3 Å². The van der Waals surface area contributed by atoms with Crippen molar-refractivity contribution in [3.63, 3.8) is 0 Å². The maximum absolute atomic E-state index is 13.4. The van der Waals surface area contributed by atoms with Crippen molar-refractivity contribution in [1.82, 2.24) is 29.3 Å². The van der Waals surface area contributed by atoms with E-state index in [1.54, 1.807) is 18.3 Å². The Kier molecular flexibility index (Phi) is 3.89. The highest BCUT2D eigenvalue weighted by Gasteiger charge is 2.17. The van der Waals surface area contributed by atoms with E-state index in [9.17, 15) is 9.18 Å². The highest BCUT2D eigenvalue weighted by atomic mass is 19.1. The Bertz CT molecular complexity index is 1210. The first-order chi connectivity index (χ1) is 13.7. The molecule has 1 aromatic carbocycles. The van der Waals surface area contributed by atoms with Crippen molar-refractivity contribution in [2.24, 2.45) is 0 Å². The number of aromatic nitrogens is 6. The fourth-order valence-electron chi connectivity index (χ4n) is 3.31. The fourth-order valence-corrected chi connectivity index (χ4v) is 3.31. The van der Waals surface area contributed by atoms with E-state index in [-0.39, 0.29) is 29.8 Å². The van der Waals surface area contributed by atoms with E-state index >= 15 is 0 Å². The summed E-state index contributed by atoms with van der Waals surface area (Å²) in [6.07, 6.45) is 3.95. The van der Waals surface area contributed by atoms with Crippen LogP contribution in [-0.4, -0.2) is 42.4 Å². The van der Waals surface area contributed by atoms with Crippen LogP contribution in [0, 0.1) is 5.82 Å². The Balaban J connectivity index is 1.43. The van der Waals surface area contributed by atoms with Gasteiger partial charge in [-0.1, -0.05) is 17.3 Å². The first kappa shape index (κ1) is 16.6. The number of hydrogen-bond acceptors (Lipinski definition) is 7. The summed E-state index contributed by atoms with van der Waals surface area (Å²) in [5.74, 6) is 1.19. The lowest BCUT2D eigenvalue weighted by atomic mass is 10.2. The maximum atomic E-state index is 13.4. The van der Waals surface area contributed by atoms with E-state index in [4.69, 9.17) is 4.52 Å². The Labute approximate surface area is 158 Å². The van der Waals surface area contributed by atoms with Gasteiger partial charge in [-0.3, -0.25) is 0 Å². The van der Waals surface area contributed by atoms with Gasteiger partial charge < -0.3 is 9.42 Å². The SMILES string of the molecule is O=c1n(Cc2nc(-c3cccc(F)c3)no2)nc2nc(N3CCCC3)ccn12. The number of anilines is 1. The molecule has 0 unspecified atom stereocenters. The molecule has 0 saturated carbocycles. The molecule has 9 nitrogen and oxygen atoms in total. The van der Waals surface area contributed by atoms with Crippen LogP contribution in [0.3, 0.4) is 0 Å². The number of rotatable bonds is 4. The monoisotopic (exact) mass is 381 g/mol. The van der Waals surface area contributed by atoms with Gasteiger partial charge in [-0.2, -0.15) is 9.97 Å². The second-order valence-corrected chi connectivity index (χ2v) is 6.61. The molecule has 4 aromatic rings. The van der Waals surface area contributed by atoms with E-state index < -0.39 is 0 Å². The average molecular weight is 381 g/mol. The van der Waals surface area contributed by atoms with E-state index in [2.05, 4.69) is 25.1 Å². The first-order valence-corrected chi connectivity index (χ1v) is 8.97. The van der Waals surface area contributed by atoms with E-state index in [1.807, 2.05) is 6.07 Å². The van der Waals surface area contributed by atoms with Crippen LogP contribution < -0.4 is 10.6 Å². The van der Waals surface area contributed by atoms with Gasteiger partial charge >= 0.3 is 5.69 Å². The van der Waals surface area contributed by atoms with Gasteiger partial charge in [-0.15, -0.1) is 5.10 Å². The molecule has 1 fully saturated rings. The molecule has 0 amide bonds.